The van der Waals surface area contributed by atoms with E-state index in [0.29, 0.717) is 43.4 Å². The number of fused-ring (bicyclic) bond motifs is 1. The fourth-order valence-electron chi connectivity index (χ4n) is 5.38. The molecular formula is C28H36N2O5. The molecule has 7 heteroatoms. The fraction of sp³-hybridized carbons (Fsp3) is 0.500. The molecule has 1 unspecified atom stereocenters. The lowest BCUT2D eigenvalue weighted by Crippen LogP contribution is -2.44. The molecule has 0 aromatic heterocycles. The van der Waals surface area contributed by atoms with E-state index in [1.165, 1.54) is 0 Å². The van der Waals surface area contributed by atoms with Gasteiger partial charge in [-0.3, -0.25) is 9.59 Å². The molecule has 2 saturated heterocycles. The van der Waals surface area contributed by atoms with Crippen molar-refractivity contribution in [2.45, 2.75) is 32.1 Å². The summed E-state index contributed by atoms with van der Waals surface area (Å²) in [6, 6.07) is 13.5. The minimum Gasteiger partial charge on any atom is -0.497 e. The van der Waals surface area contributed by atoms with Gasteiger partial charge >= 0.3 is 0 Å². The van der Waals surface area contributed by atoms with Gasteiger partial charge in [-0.15, -0.1) is 0 Å². The number of carbonyl (C=O) groups excluding carboxylic acids is 2. The van der Waals surface area contributed by atoms with Crippen molar-refractivity contribution in [3.8, 4) is 17.2 Å². The number of benzene rings is 2. The zero-order valence-corrected chi connectivity index (χ0v) is 21.0. The van der Waals surface area contributed by atoms with Gasteiger partial charge < -0.3 is 24.0 Å². The molecule has 0 spiro atoms. The minimum absolute atomic E-state index is 0.158. The highest BCUT2D eigenvalue weighted by Crippen LogP contribution is 2.34. The molecule has 2 amide bonds. The Labute approximate surface area is 207 Å². The number of amides is 2. The van der Waals surface area contributed by atoms with Crippen LogP contribution in [0.1, 0.15) is 30.4 Å². The number of nitrogens with zero attached hydrogens (tertiary/aromatic N) is 2. The van der Waals surface area contributed by atoms with Gasteiger partial charge in [-0.05, 0) is 60.4 Å². The molecule has 2 aliphatic heterocycles. The first-order valence-electron chi connectivity index (χ1n) is 12.4. The molecule has 0 saturated carbocycles. The molecule has 7 nitrogen and oxygen atoms in total. The molecular weight excluding hydrogens is 444 g/mol. The summed E-state index contributed by atoms with van der Waals surface area (Å²) in [5.41, 5.74) is 2.03. The van der Waals surface area contributed by atoms with Gasteiger partial charge in [0.25, 0.3) is 0 Å². The zero-order chi connectivity index (χ0) is 24.8. The van der Waals surface area contributed by atoms with Gasteiger partial charge in [-0.25, -0.2) is 0 Å². The summed E-state index contributed by atoms with van der Waals surface area (Å²) in [6.07, 6.45) is 3.50. The predicted octanol–water partition coefficient (Wildman–Crippen LogP) is 3.58. The molecule has 188 valence electrons. The summed E-state index contributed by atoms with van der Waals surface area (Å²) in [7, 11) is 4.91. The maximum absolute atomic E-state index is 13.1. The van der Waals surface area contributed by atoms with Gasteiger partial charge in [0.2, 0.25) is 11.8 Å². The summed E-state index contributed by atoms with van der Waals surface area (Å²) >= 11 is 0. The van der Waals surface area contributed by atoms with Crippen molar-refractivity contribution >= 4 is 11.8 Å². The van der Waals surface area contributed by atoms with E-state index in [2.05, 4.69) is 0 Å². The molecule has 2 aromatic carbocycles. The first-order chi connectivity index (χ1) is 17.0. The molecule has 2 atom stereocenters. The number of rotatable bonds is 8. The van der Waals surface area contributed by atoms with Gasteiger partial charge in [0.15, 0.2) is 11.5 Å². The number of hydrogen-bond donors (Lipinski definition) is 0. The van der Waals surface area contributed by atoms with Gasteiger partial charge in [0.1, 0.15) is 5.75 Å². The first kappa shape index (κ1) is 24.9. The Morgan fingerprint density at radius 3 is 2.43 bits per heavy atom. The van der Waals surface area contributed by atoms with Gasteiger partial charge in [-0.2, -0.15) is 0 Å². The lowest BCUT2D eigenvalue weighted by Gasteiger charge is -2.37. The van der Waals surface area contributed by atoms with E-state index in [1.807, 2.05) is 52.3 Å². The number of carbonyl (C=O) groups is 2. The van der Waals surface area contributed by atoms with Crippen molar-refractivity contribution in [1.29, 1.82) is 0 Å². The second-order valence-electron chi connectivity index (χ2n) is 9.45. The predicted molar refractivity (Wildman–Crippen MR) is 134 cm³/mol. The van der Waals surface area contributed by atoms with E-state index >= 15 is 0 Å². The second kappa shape index (κ2) is 11.5. The molecule has 0 radical (unpaired) electrons. The molecule has 35 heavy (non-hydrogen) atoms. The van der Waals surface area contributed by atoms with Gasteiger partial charge in [0.05, 0.1) is 27.8 Å². The number of likely N-dealkylation sites (tertiary alicyclic amines) is 2. The Morgan fingerprint density at radius 2 is 1.71 bits per heavy atom. The maximum atomic E-state index is 13.1. The lowest BCUT2D eigenvalue weighted by atomic mass is 9.82. The van der Waals surface area contributed by atoms with Crippen molar-refractivity contribution < 1.29 is 23.8 Å². The Hall–Kier alpha value is -3.22. The monoisotopic (exact) mass is 480 g/mol. The Morgan fingerprint density at radius 1 is 0.943 bits per heavy atom. The summed E-state index contributed by atoms with van der Waals surface area (Å²) in [5.74, 6) is 3.32. The Bertz CT molecular complexity index is 1020. The molecule has 2 fully saturated rings. The van der Waals surface area contributed by atoms with E-state index in [-0.39, 0.29) is 11.8 Å². The van der Waals surface area contributed by atoms with Crippen LogP contribution >= 0.6 is 0 Å². The minimum atomic E-state index is 0.158. The average molecular weight is 481 g/mol. The number of methoxy groups -OCH3 is 3. The van der Waals surface area contributed by atoms with Crippen LogP contribution < -0.4 is 14.2 Å². The number of para-hydroxylation sites is 1. The lowest BCUT2D eigenvalue weighted by molar-refractivity contribution is -0.133. The van der Waals surface area contributed by atoms with Crippen LogP contribution in [0.5, 0.6) is 17.2 Å². The average Bonchev–Trinajstić information content (AvgIpc) is 3.04. The SMILES string of the molecule is COc1ccc(CC(=O)N2CC[C@@H]3CC(=O)N(CCc4cccc(OC)c4OC)CCC3C2)cc1. The largest absolute Gasteiger partial charge is 0.497 e. The van der Waals surface area contributed by atoms with E-state index in [1.54, 1.807) is 21.3 Å². The van der Waals surface area contributed by atoms with Crippen LogP contribution in [0.15, 0.2) is 42.5 Å². The van der Waals surface area contributed by atoms with Crippen LogP contribution in [-0.4, -0.2) is 69.1 Å². The molecule has 0 bridgehead atoms. The highest BCUT2D eigenvalue weighted by molar-refractivity contribution is 5.79. The van der Waals surface area contributed by atoms with Crippen molar-refractivity contribution in [3.05, 3.63) is 53.6 Å². The van der Waals surface area contributed by atoms with Gasteiger partial charge in [-0.1, -0.05) is 24.3 Å². The summed E-state index contributed by atoms with van der Waals surface area (Å²) in [6.45, 7) is 2.85. The maximum Gasteiger partial charge on any atom is 0.226 e. The van der Waals surface area contributed by atoms with E-state index < -0.39 is 0 Å². The van der Waals surface area contributed by atoms with Crippen LogP contribution in [0.2, 0.25) is 0 Å². The summed E-state index contributed by atoms with van der Waals surface area (Å²) in [5, 5.41) is 0. The van der Waals surface area contributed by atoms with Crippen molar-refractivity contribution in [1.82, 2.24) is 9.80 Å². The van der Waals surface area contributed by atoms with Gasteiger partial charge in [0, 0.05) is 32.6 Å². The second-order valence-corrected chi connectivity index (χ2v) is 9.45. The third-order valence-electron chi connectivity index (χ3n) is 7.45. The third kappa shape index (κ3) is 5.89. The van der Waals surface area contributed by atoms with E-state index in [9.17, 15) is 9.59 Å². The Balaban J connectivity index is 1.33. The van der Waals surface area contributed by atoms with Crippen molar-refractivity contribution in [2.75, 3.05) is 47.5 Å². The van der Waals surface area contributed by atoms with Crippen LogP contribution in [0.3, 0.4) is 0 Å². The topological polar surface area (TPSA) is 68.3 Å². The van der Waals surface area contributed by atoms with E-state index in [0.717, 1.165) is 55.1 Å². The third-order valence-corrected chi connectivity index (χ3v) is 7.45. The smallest absolute Gasteiger partial charge is 0.226 e. The molecule has 4 rings (SSSR count). The normalized spacial score (nSPS) is 20.1. The molecule has 0 N–H and O–H groups in total. The zero-order valence-electron chi connectivity index (χ0n) is 21.0. The number of ether oxygens (including phenoxy) is 3. The molecule has 2 heterocycles. The van der Waals surface area contributed by atoms with Crippen LogP contribution in [-0.2, 0) is 22.4 Å². The quantitative estimate of drug-likeness (QED) is 0.578. The molecule has 0 aliphatic carbocycles. The van der Waals surface area contributed by atoms with Crippen LogP contribution in [0.4, 0.5) is 0 Å². The highest BCUT2D eigenvalue weighted by atomic mass is 16.5. The highest BCUT2D eigenvalue weighted by Gasteiger charge is 2.36. The summed E-state index contributed by atoms with van der Waals surface area (Å²) < 4.78 is 16.2. The fourth-order valence-corrected chi connectivity index (χ4v) is 5.38. The van der Waals surface area contributed by atoms with Crippen molar-refractivity contribution in [3.63, 3.8) is 0 Å². The summed E-state index contributed by atoms with van der Waals surface area (Å²) in [4.78, 5) is 30.0. The van der Waals surface area contributed by atoms with Crippen LogP contribution in [0.25, 0.3) is 0 Å². The van der Waals surface area contributed by atoms with E-state index in [4.69, 9.17) is 14.2 Å². The number of hydrogen-bond acceptors (Lipinski definition) is 5. The Kier molecular flexibility index (Phi) is 8.16. The molecule has 2 aromatic rings. The molecule has 2 aliphatic rings. The number of piperidine rings is 1. The standard InChI is InChI=1S/C28H36N2O5/c1-33-24-9-7-20(8-10-24)17-26(31)30-16-12-22-18-27(32)29(15-13-23(22)19-30)14-11-21-5-4-6-25(34-2)28(21)35-3/h4-10,22-23H,11-19H2,1-3H3/t22-,23?/m1/s1. The van der Waals surface area contributed by atoms with Crippen molar-refractivity contribution in [2.24, 2.45) is 11.8 Å². The van der Waals surface area contributed by atoms with Crippen LogP contribution in [0, 0.1) is 11.8 Å². The first-order valence-corrected chi connectivity index (χ1v) is 12.4.